The van der Waals surface area contributed by atoms with E-state index < -0.39 is 0 Å². The van der Waals surface area contributed by atoms with Gasteiger partial charge >= 0.3 is 0 Å². The van der Waals surface area contributed by atoms with Gasteiger partial charge < -0.3 is 5.73 Å². The van der Waals surface area contributed by atoms with Crippen molar-refractivity contribution in [3.8, 4) is 0 Å². The summed E-state index contributed by atoms with van der Waals surface area (Å²) < 4.78 is 5.10. The summed E-state index contributed by atoms with van der Waals surface area (Å²) in [5.41, 5.74) is 7.71. The van der Waals surface area contributed by atoms with Crippen molar-refractivity contribution < 1.29 is 0 Å². The molecule has 1 fully saturated rings. The van der Waals surface area contributed by atoms with Gasteiger partial charge in [-0.15, -0.1) is 0 Å². The second kappa shape index (κ2) is 6.03. The van der Waals surface area contributed by atoms with E-state index in [1.54, 1.807) is 18.1 Å². The molecule has 0 amide bonds. The third-order valence-corrected chi connectivity index (χ3v) is 5.83. The topological polar surface area (TPSA) is 51.8 Å². The minimum atomic E-state index is 0.272. The van der Waals surface area contributed by atoms with Gasteiger partial charge in [-0.1, -0.05) is 42.1 Å². The van der Waals surface area contributed by atoms with Gasteiger partial charge in [-0.05, 0) is 42.3 Å². The number of aromatic nitrogens is 2. The monoisotopic (exact) mass is 291 g/mol. The number of nitrogens with two attached hydrogens (primary N) is 1. The van der Waals surface area contributed by atoms with Crippen molar-refractivity contribution in [1.29, 1.82) is 0 Å². The molecule has 0 bridgehead atoms. The lowest BCUT2D eigenvalue weighted by molar-refractivity contribution is 0.406. The van der Waals surface area contributed by atoms with Crippen LogP contribution in [0.25, 0.3) is 0 Å². The number of nitrogens with zero attached hydrogens (tertiary/aromatic N) is 2. The predicted molar refractivity (Wildman–Crippen MR) is 80.6 cm³/mol. The lowest BCUT2D eigenvalue weighted by Gasteiger charge is -2.33. The summed E-state index contributed by atoms with van der Waals surface area (Å²) in [6.07, 6.45) is 5.04. The van der Waals surface area contributed by atoms with E-state index >= 15 is 0 Å². The number of hydrogen-bond donors (Lipinski definition) is 1. The summed E-state index contributed by atoms with van der Waals surface area (Å²) in [6, 6.07) is 11.1. The van der Waals surface area contributed by atoms with Crippen molar-refractivity contribution in [2.45, 2.75) is 40.8 Å². The van der Waals surface area contributed by atoms with Crippen LogP contribution >= 0.6 is 23.3 Å². The van der Waals surface area contributed by atoms with Crippen molar-refractivity contribution in [2.24, 2.45) is 5.73 Å². The summed E-state index contributed by atoms with van der Waals surface area (Å²) in [5.74, 6) is 0.631. The Morgan fingerprint density at radius 1 is 1.21 bits per heavy atom. The van der Waals surface area contributed by atoms with Gasteiger partial charge in [0.05, 0.1) is 0 Å². The Bertz CT molecular complexity index is 501. The van der Waals surface area contributed by atoms with Crippen molar-refractivity contribution in [1.82, 2.24) is 9.36 Å². The molecule has 3 atom stereocenters. The first-order chi connectivity index (χ1) is 9.33. The zero-order valence-corrected chi connectivity index (χ0v) is 12.2. The van der Waals surface area contributed by atoms with Gasteiger partial charge in [0.25, 0.3) is 0 Å². The van der Waals surface area contributed by atoms with Crippen LogP contribution in [0.3, 0.4) is 0 Å². The summed E-state index contributed by atoms with van der Waals surface area (Å²) in [4.78, 5) is 4.26. The average molecular weight is 291 g/mol. The number of hydrogen-bond acceptors (Lipinski definition) is 5. The third-order valence-electron chi connectivity index (χ3n) is 3.71. The van der Waals surface area contributed by atoms with Gasteiger partial charge in [-0.2, -0.15) is 4.37 Å². The zero-order valence-electron chi connectivity index (χ0n) is 10.6. The molecule has 3 rings (SSSR count). The Hall–Kier alpha value is -0.910. The van der Waals surface area contributed by atoms with Gasteiger partial charge in [0.1, 0.15) is 6.33 Å². The fraction of sp³-hybridized carbons (Fsp3) is 0.429. The molecule has 0 radical (unpaired) electrons. The van der Waals surface area contributed by atoms with Gasteiger partial charge in [-0.3, -0.25) is 0 Å². The fourth-order valence-electron chi connectivity index (χ4n) is 2.66. The Balaban J connectivity index is 1.70. The molecule has 1 aromatic carbocycles. The van der Waals surface area contributed by atoms with Crippen LogP contribution in [0.15, 0.2) is 41.0 Å². The van der Waals surface area contributed by atoms with E-state index in [9.17, 15) is 0 Å². The molecular formula is C14H17N3S2. The van der Waals surface area contributed by atoms with Gasteiger partial charge in [-0.25, -0.2) is 4.98 Å². The van der Waals surface area contributed by atoms with Crippen LogP contribution in [-0.4, -0.2) is 20.6 Å². The summed E-state index contributed by atoms with van der Waals surface area (Å²) in [6.45, 7) is 0. The molecule has 2 aromatic rings. The molecule has 0 spiro atoms. The molecule has 1 saturated carbocycles. The zero-order chi connectivity index (χ0) is 13.1. The highest BCUT2D eigenvalue weighted by molar-refractivity contribution is 8.01. The van der Waals surface area contributed by atoms with Crippen LogP contribution in [-0.2, 0) is 0 Å². The molecule has 100 valence electrons. The largest absolute Gasteiger partial charge is 0.327 e. The molecule has 2 N–H and O–H groups in total. The van der Waals surface area contributed by atoms with Crippen molar-refractivity contribution in [3.63, 3.8) is 0 Å². The quantitative estimate of drug-likeness (QED) is 0.942. The molecule has 19 heavy (non-hydrogen) atoms. The van der Waals surface area contributed by atoms with Crippen LogP contribution < -0.4 is 5.73 Å². The van der Waals surface area contributed by atoms with E-state index in [-0.39, 0.29) is 6.04 Å². The van der Waals surface area contributed by atoms with E-state index in [4.69, 9.17) is 5.73 Å². The second-order valence-corrected chi connectivity index (χ2v) is 7.21. The number of thioether (sulfide) groups is 1. The van der Waals surface area contributed by atoms with E-state index in [1.165, 1.54) is 23.5 Å². The maximum atomic E-state index is 6.27. The highest BCUT2D eigenvalue weighted by atomic mass is 32.2. The average Bonchev–Trinajstić information content (AvgIpc) is 2.95. The number of benzene rings is 1. The van der Waals surface area contributed by atoms with E-state index in [0.29, 0.717) is 11.2 Å². The van der Waals surface area contributed by atoms with Crippen LogP contribution in [0.5, 0.6) is 0 Å². The lowest BCUT2D eigenvalue weighted by Crippen LogP contribution is -2.37. The standard InChI is InChI=1S/C14H17N3S2/c15-12-7-6-11(10-4-2-1-3-5-10)8-13(12)18-14-16-9-17-19-14/h1-5,9,11-13H,6-8,15H2. The Labute approximate surface area is 121 Å². The van der Waals surface area contributed by atoms with Crippen molar-refractivity contribution in [3.05, 3.63) is 42.2 Å². The van der Waals surface area contributed by atoms with E-state index in [1.807, 2.05) is 0 Å². The van der Waals surface area contributed by atoms with Crippen LogP contribution in [0.4, 0.5) is 0 Å². The first kappa shape index (κ1) is 13.1. The maximum Gasteiger partial charge on any atom is 0.170 e. The Morgan fingerprint density at radius 3 is 2.79 bits per heavy atom. The molecule has 1 aliphatic rings. The smallest absolute Gasteiger partial charge is 0.170 e. The molecule has 1 aliphatic carbocycles. The van der Waals surface area contributed by atoms with E-state index in [2.05, 4.69) is 39.7 Å². The molecular weight excluding hydrogens is 274 g/mol. The van der Waals surface area contributed by atoms with Gasteiger partial charge in [0, 0.05) is 11.3 Å². The molecule has 5 heteroatoms. The minimum Gasteiger partial charge on any atom is -0.327 e. The van der Waals surface area contributed by atoms with Crippen LogP contribution in [0.1, 0.15) is 30.7 Å². The Kier molecular flexibility index (Phi) is 4.15. The van der Waals surface area contributed by atoms with E-state index in [0.717, 1.165) is 17.2 Å². The maximum absolute atomic E-state index is 6.27. The lowest BCUT2D eigenvalue weighted by atomic mass is 9.82. The third kappa shape index (κ3) is 3.16. The first-order valence-electron chi connectivity index (χ1n) is 6.57. The van der Waals surface area contributed by atoms with Crippen LogP contribution in [0.2, 0.25) is 0 Å². The predicted octanol–water partition coefficient (Wildman–Crippen LogP) is 3.29. The van der Waals surface area contributed by atoms with Crippen molar-refractivity contribution in [2.75, 3.05) is 0 Å². The fourth-order valence-corrected chi connectivity index (χ4v) is 4.62. The molecule has 3 nitrogen and oxygen atoms in total. The molecule has 1 aromatic heterocycles. The van der Waals surface area contributed by atoms with Crippen molar-refractivity contribution >= 4 is 23.3 Å². The Morgan fingerprint density at radius 2 is 2.05 bits per heavy atom. The first-order valence-corrected chi connectivity index (χ1v) is 8.22. The summed E-state index contributed by atoms with van der Waals surface area (Å²) >= 11 is 3.26. The highest BCUT2D eigenvalue weighted by Crippen LogP contribution is 2.40. The van der Waals surface area contributed by atoms with Crippen LogP contribution in [0, 0.1) is 0 Å². The molecule has 0 saturated heterocycles. The summed E-state index contributed by atoms with van der Waals surface area (Å²) in [5, 5.41) is 0.451. The normalized spacial score (nSPS) is 27.3. The summed E-state index contributed by atoms with van der Waals surface area (Å²) in [7, 11) is 0. The molecule has 3 unspecified atom stereocenters. The van der Waals surface area contributed by atoms with Gasteiger partial charge in [0.15, 0.2) is 4.34 Å². The SMILES string of the molecule is NC1CCC(c2ccccc2)CC1Sc1ncns1. The molecule has 0 aliphatic heterocycles. The van der Waals surface area contributed by atoms with Gasteiger partial charge in [0.2, 0.25) is 0 Å². The highest BCUT2D eigenvalue weighted by Gasteiger charge is 2.30. The second-order valence-electron chi connectivity index (χ2n) is 4.95. The minimum absolute atomic E-state index is 0.272. The number of rotatable bonds is 3. The molecule has 1 heterocycles.